The Labute approximate surface area is 118 Å². The van der Waals surface area contributed by atoms with E-state index in [4.69, 9.17) is 9.57 Å². The molecule has 20 heavy (non-hydrogen) atoms. The zero-order chi connectivity index (χ0) is 14.8. The van der Waals surface area contributed by atoms with Crippen LogP contribution in [0.5, 0.6) is 0 Å². The van der Waals surface area contributed by atoms with Crippen molar-refractivity contribution >= 4 is 11.9 Å². The molecule has 0 spiro atoms. The molecule has 107 valence electrons. The van der Waals surface area contributed by atoms with E-state index >= 15 is 0 Å². The van der Waals surface area contributed by atoms with E-state index in [9.17, 15) is 9.59 Å². The molecule has 0 aromatic heterocycles. The zero-order valence-electron chi connectivity index (χ0n) is 11.3. The number of hydroxylamine groups is 2. The van der Waals surface area contributed by atoms with E-state index in [0.717, 1.165) is 10.6 Å². The van der Waals surface area contributed by atoms with Crippen molar-refractivity contribution in [3.63, 3.8) is 0 Å². The highest BCUT2D eigenvalue weighted by Crippen LogP contribution is 2.03. The second kappa shape index (κ2) is 8.87. The SMILES string of the molecule is [CH2]C(=O)N(CCC(=O)OCc1ccccc1)OCC=C. The second-order valence-corrected chi connectivity index (χ2v) is 3.98. The first-order chi connectivity index (χ1) is 9.63. The van der Waals surface area contributed by atoms with Gasteiger partial charge in [0.1, 0.15) is 6.61 Å². The number of benzene rings is 1. The van der Waals surface area contributed by atoms with Gasteiger partial charge < -0.3 is 4.74 Å². The van der Waals surface area contributed by atoms with Crippen LogP contribution in [0, 0.1) is 6.92 Å². The van der Waals surface area contributed by atoms with E-state index in [1.165, 1.54) is 6.08 Å². The summed E-state index contributed by atoms with van der Waals surface area (Å²) < 4.78 is 5.09. The van der Waals surface area contributed by atoms with Crippen molar-refractivity contribution in [3.05, 3.63) is 55.5 Å². The molecule has 0 heterocycles. The zero-order valence-corrected chi connectivity index (χ0v) is 11.3. The molecule has 5 heteroatoms. The van der Waals surface area contributed by atoms with Crippen LogP contribution in [0.3, 0.4) is 0 Å². The first kappa shape index (κ1) is 15.9. The molecule has 1 aromatic carbocycles. The van der Waals surface area contributed by atoms with E-state index in [0.29, 0.717) is 0 Å². The summed E-state index contributed by atoms with van der Waals surface area (Å²) in [5, 5.41) is 1.02. The van der Waals surface area contributed by atoms with E-state index in [-0.39, 0.29) is 26.2 Å². The van der Waals surface area contributed by atoms with Gasteiger partial charge in [-0.3, -0.25) is 14.4 Å². The number of rotatable bonds is 8. The third-order valence-electron chi connectivity index (χ3n) is 2.39. The van der Waals surface area contributed by atoms with Crippen molar-refractivity contribution in [1.82, 2.24) is 5.06 Å². The maximum Gasteiger partial charge on any atom is 0.308 e. The normalized spacial score (nSPS) is 9.85. The van der Waals surface area contributed by atoms with Gasteiger partial charge in [-0.25, -0.2) is 5.06 Å². The fourth-order valence-electron chi connectivity index (χ4n) is 1.41. The molecule has 1 amide bonds. The van der Waals surface area contributed by atoms with Gasteiger partial charge in [-0.1, -0.05) is 36.4 Å². The number of hydrogen-bond donors (Lipinski definition) is 0. The molecule has 0 N–H and O–H groups in total. The summed E-state index contributed by atoms with van der Waals surface area (Å²) in [6.45, 7) is 7.21. The van der Waals surface area contributed by atoms with Crippen LogP contribution < -0.4 is 0 Å². The number of nitrogens with zero attached hydrogens (tertiary/aromatic N) is 1. The molecule has 0 saturated carbocycles. The monoisotopic (exact) mass is 276 g/mol. The van der Waals surface area contributed by atoms with Crippen LogP contribution in [0.4, 0.5) is 0 Å². The fourth-order valence-corrected chi connectivity index (χ4v) is 1.41. The molecule has 1 aromatic rings. The summed E-state index contributed by atoms with van der Waals surface area (Å²) in [6.07, 6.45) is 1.55. The predicted octanol–water partition coefficient (Wildman–Crippen LogP) is 1.90. The maximum atomic E-state index is 11.6. The van der Waals surface area contributed by atoms with Gasteiger partial charge in [0.25, 0.3) is 0 Å². The molecular formula is C15H18NO4. The molecule has 0 aliphatic carbocycles. The third-order valence-corrected chi connectivity index (χ3v) is 2.39. The second-order valence-electron chi connectivity index (χ2n) is 3.98. The third kappa shape index (κ3) is 6.15. The Morgan fingerprint density at radius 1 is 1.25 bits per heavy atom. The van der Waals surface area contributed by atoms with E-state index in [2.05, 4.69) is 13.5 Å². The minimum Gasteiger partial charge on any atom is -0.461 e. The molecule has 0 saturated heterocycles. The van der Waals surface area contributed by atoms with Gasteiger partial charge in [0, 0.05) is 6.92 Å². The van der Waals surface area contributed by atoms with Crippen LogP contribution in [0.25, 0.3) is 0 Å². The van der Waals surface area contributed by atoms with Gasteiger partial charge in [-0.2, -0.15) is 0 Å². The number of hydrogen-bond acceptors (Lipinski definition) is 4. The van der Waals surface area contributed by atoms with E-state index < -0.39 is 11.9 Å². The molecule has 0 aliphatic heterocycles. The molecule has 0 fully saturated rings. The van der Waals surface area contributed by atoms with Crippen LogP contribution in [0.1, 0.15) is 12.0 Å². The van der Waals surface area contributed by atoms with Crippen LogP contribution in [-0.2, 0) is 25.8 Å². The highest BCUT2D eigenvalue weighted by molar-refractivity contribution is 5.79. The summed E-state index contributed by atoms with van der Waals surface area (Å²) in [5.41, 5.74) is 0.911. The highest BCUT2D eigenvalue weighted by atomic mass is 16.7. The minimum atomic E-state index is -0.511. The van der Waals surface area contributed by atoms with Gasteiger partial charge >= 0.3 is 5.97 Å². The maximum absolute atomic E-state index is 11.6. The van der Waals surface area contributed by atoms with Crippen molar-refractivity contribution in [2.24, 2.45) is 0 Å². The highest BCUT2D eigenvalue weighted by Gasteiger charge is 2.12. The molecule has 0 atom stereocenters. The van der Waals surface area contributed by atoms with Crippen LogP contribution in [0.15, 0.2) is 43.0 Å². The Kier molecular flexibility index (Phi) is 7.06. The van der Waals surface area contributed by atoms with Crippen molar-refractivity contribution in [2.75, 3.05) is 13.2 Å². The predicted molar refractivity (Wildman–Crippen MR) is 74.1 cm³/mol. The molecule has 5 nitrogen and oxygen atoms in total. The molecule has 0 aliphatic rings. The Morgan fingerprint density at radius 3 is 2.55 bits per heavy atom. The lowest BCUT2D eigenvalue weighted by Crippen LogP contribution is -2.31. The molecule has 0 unspecified atom stereocenters. The quantitative estimate of drug-likeness (QED) is 0.413. The topological polar surface area (TPSA) is 55.8 Å². The Morgan fingerprint density at radius 2 is 1.95 bits per heavy atom. The van der Waals surface area contributed by atoms with E-state index in [1.54, 1.807) is 0 Å². The van der Waals surface area contributed by atoms with Crippen molar-refractivity contribution in [3.8, 4) is 0 Å². The lowest BCUT2D eigenvalue weighted by molar-refractivity contribution is -0.179. The van der Waals surface area contributed by atoms with Gasteiger partial charge in [0.2, 0.25) is 5.91 Å². The Balaban J connectivity index is 2.30. The van der Waals surface area contributed by atoms with Gasteiger partial charge in [-0.05, 0) is 5.56 Å². The van der Waals surface area contributed by atoms with Crippen molar-refractivity contribution < 1.29 is 19.2 Å². The average molecular weight is 276 g/mol. The summed E-state index contributed by atoms with van der Waals surface area (Å²) in [4.78, 5) is 27.8. The number of amides is 1. The van der Waals surface area contributed by atoms with Crippen LogP contribution in [-0.4, -0.2) is 30.1 Å². The standard InChI is InChI=1S/C15H18NO4/c1-3-11-20-16(13(2)17)10-9-15(18)19-12-14-7-5-4-6-8-14/h3-8H,1-2,9-12H2. The summed E-state index contributed by atoms with van der Waals surface area (Å²) in [6, 6.07) is 9.36. The smallest absolute Gasteiger partial charge is 0.308 e. The van der Waals surface area contributed by atoms with Crippen LogP contribution >= 0.6 is 0 Å². The number of ether oxygens (including phenoxy) is 1. The Hall–Kier alpha value is -2.14. The molecule has 0 bridgehead atoms. The average Bonchev–Trinajstić information content (AvgIpc) is 2.46. The first-order valence-corrected chi connectivity index (χ1v) is 6.20. The van der Waals surface area contributed by atoms with Gasteiger partial charge in [0.05, 0.1) is 19.6 Å². The number of carbonyl (C=O) groups is 2. The molecular weight excluding hydrogens is 258 g/mol. The van der Waals surface area contributed by atoms with Crippen molar-refractivity contribution in [1.29, 1.82) is 0 Å². The lowest BCUT2D eigenvalue weighted by Gasteiger charge is -2.18. The van der Waals surface area contributed by atoms with Crippen molar-refractivity contribution in [2.45, 2.75) is 13.0 Å². The number of esters is 1. The minimum absolute atomic E-state index is 0.0469. The van der Waals surface area contributed by atoms with Gasteiger partial charge in [0.15, 0.2) is 0 Å². The largest absolute Gasteiger partial charge is 0.461 e. The summed E-state index contributed by atoms with van der Waals surface area (Å²) in [7, 11) is 0. The van der Waals surface area contributed by atoms with E-state index in [1.807, 2.05) is 30.3 Å². The first-order valence-electron chi connectivity index (χ1n) is 6.20. The summed E-state index contributed by atoms with van der Waals surface area (Å²) in [5.74, 6) is -0.912. The van der Waals surface area contributed by atoms with Crippen LogP contribution in [0.2, 0.25) is 0 Å². The summed E-state index contributed by atoms with van der Waals surface area (Å²) >= 11 is 0. The fraction of sp³-hybridized carbons (Fsp3) is 0.267. The molecule has 1 radical (unpaired) electrons. The Bertz CT molecular complexity index is 444. The van der Waals surface area contributed by atoms with Gasteiger partial charge in [-0.15, -0.1) is 6.58 Å². The molecule has 1 rings (SSSR count). The number of carbonyl (C=O) groups excluding carboxylic acids is 2. The lowest BCUT2D eigenvalue weighted by atomic mass is 10.2.